The number of carbonyl (C=O) groups is 1. The van der Waals surface area contributed by atoms with Crippen molar-refractivity contribution in [2.45, 2.75) is 51.5 Å². The van der Waals surface area contributed by atoms with E-state index in [4.69, 9.17) is 18.6 Å². The first kappa shape index (κ1) is 26.8. The summed E-state index contributed by atoms with van der Waals surface area (Å²) in [7, 11) is 0. The van der Waals surface area contributed by atoms with Crippen molar-refractivity contribution in [1.29, 1.82) is 0 Å². The van der Waals surface area contributed by atoms with Gasteiger partial charge in [-0.2, -0.15) is 0 Å². The molecule has 0 amide bonds. The lowest BCUT2D eigenvalue weighted by Gasteiger charge is -2.40. The Labute approximate surface area is 215 Å². The molecule has 3 aromatic rings. The first-order valence-electron chi connectivity index (χ1n) is 11.5. The number of ether oxygens (including phenoxy) is 3. The molecule has 5 atom stereocenters. The number of aliphatic hydroxyl groups is 2. The van der Waals surface area contributed by atoms with Crippen LogP contribution in [0.15, 0.2) is 51.2 Å². The number of aliphatic hydroxyl groups excluding tert-OH is 2. The number of carbonyl (C=O) groups excluding carboxylic acids is 1. The number of esters is 1. The van der Waals surface area contributed by atoms with Gasteiger partial charge in [-0.25, -0.2) is 4.79 Å². The summed E-state index contributed by atoms with van der Waals surface area (Å²) in [6, 6.07) is 5.49. The molecule has 1 fully saturated rings. The number of rotatable bonds is 5. The van der Waals surface area contributed by atoms with E-state index in [1.165, 1.54) is 26.0 Å². The average Bonchev–Trinajstić information content (AvgIpc) is 2.86. The summed E-state index contributed by atoms with van der Waals surface area (Å²) < 4.78 is 22.6. The molecule has 0 aliphatic carbocycles. The zero-order valence-electron chi connectivity index (χ0n) is 20.5. The Morgan fingerprint density at radius 2 is 1.71 bits per heavy atom. The van der Waals surface area contributed by atoms with Gasteiger partial charge in [-0.15, -0.1) is 0 Å². The molecule has 5 unspecified atom stereocenters. The number of phenolic OH excluding ortho intramolecular Hbond substituents is 4. The average molecular weight is 530 g/mol. The normalized spacial score (nSPS) is 23.8. The van der Waals surface area contributed by atoms with E-state index in [1.54, 1.807) is 6.92 Å². The summed E-state index contributed by atoms with van der Waals surface area (Å²) >= 11 is 0. The standard InChI is InChI=1S/C26H26O12/c1-4-10(2)25(34)37-24-21(33)19(31)11(3)35-26(24)38-23-20(32)18-16(30)8-13(27)9-17(18)36-22(23)12-5-6-14(28)15(29)7-12/h4-9,11,19,21,24,26-31,33H,1-3H3. The molecule has 4 rings (SSSR count). The Kier molecular flexibility index (Phi) is 7.22. The minimum absolute atomic E-state index is 0.0416. The van der Waals surface area contributed by atoms with Crippen molar-refractivity contribution in [3.05, 3.63) is 52.2 Å². The van der Waals surface area contributed by atoms with E-state index in [2.05, 4.69) is 0 Å². The van der Waals surface area contributed by atoms with Gasteiger partial charge in [0.05, 0.1) is 6.10 Å². The highest BCUT2D eigenvalue weighted by Gasteiger charge is 2.47. The number of fused-ring (bicyclic) bond motifs is 1. The molecule has 1 aliphatic rings. The Hall–Kier alpha value is -4.26. The molecule has 0 saturated carbocycles. The van der Waals surface area contributed by atoms with Crippen LogP contribution in [0.25, 0.3) is 22.3 Å². The van der Waals surface area contributed by atoms with E-state index in [1.807, 2.05) is 0 Å². The number of benzene rings is 2. The molecule has 38 heavy (non-hydrogen) atoms. The van der Waals surface area contributed by atoms with Gasteiger partial charge in [0, 0.05) is 23.3 Å². The van der Waals surface area contributed by atoms with E-state index in [9.17, 15) is 40.2 Å². The molecule has 0 bridgehead atoms. The van der Waals surface area contributed by atoms with Crippen molar-refractivity contribution in [2.75, 3.05) is 0 Å². The summed E-state index contributed by atoms with van der Waals surface area (Å²) in [5, 5.41) is 60.6. The maximum atomic E-state index is 13.6. The minimum Gasteiger partial charge on any atom is -0.508 e. The van der Waals surface area contributed by atoms with Crippen molar-refractivity contribution >= 4 is 16.9 Å². The number of hydrogen-bond acceptors (Lipinski definition) is 12. The lowest BCUT2D eigenvalue weighted by molar-refractivity contribution is -0.273. The van der Waals surface area contributed by atoms with Gasteiger partial charge in [-0.1, -0.05) is 6.08 Å². The highest BCUT2D eigenvalue weighted by Crippen LogP contribution is 2.39. The van der Waals surface area contributed by atoms with Gasteiger partial charge in [0.15, 0.2) is 23.4 Å². The minimum atomic E-state index is -1.67. The zero-order valence-corrected chi connectivity index (χ0v) is 20.5. The van der Waals surface area contributed by atoms with Crippen molar-refractivity contribution in [2.24, 2.45) is 0 Å². The zero-order chi connectivity index (χ0) is 27.9. The van der Waals surface area contributed by atoms with E-state index in [-0.39, 0.29) is 27.9 Å². The second-order valence-electron chi connectivity index (χ2n) is 8.78. The van der Waals surface area contributed by atoms with Crippen LogP contribution < -0.4 is 10.2 Å². The lowest BCUT2D eigenvalue weighted by atomic mass is 9.99. The fourth-order valence-corrected chi connectivity index (χ4v) is 3.90. The van der Waals surface area contributed by atoms with Gasteiger partial charge < -0.3 is 49.3 Å². The van der Waals surface area contributed by atoms with Crippen LogP contribution in [0, 0.1) is 0 Å². The van der Waals surface area contributed by atoms with Gasteiger partial charge in [-0.3, -0.25) is 4.79 Å². The molecule has 6 N–H and O–H groups in total. The lowest BCUT2D eigenvalue weighted by Crippen LogP contribution is -2.60. The number of aromatic hydroxyl groups is 4. The molecule has 12 heteroatoms. The molecular formula is C26H26O12. The topological polar surface area (TPSA) is 196 Å². The summed E-state index contributed by atoms with van der Waals surface area (Å²) in [6.45, 7) is 4.49. The van der Waals surface area contributed by atoms with Crippen molar-refractivity contribution in [3.63, 3.8) is 0 Å². The number of hydrogen-bond donors (Lipinski definition) is 6. The monoisotopic (exact) mass is 530 g/mol. The molecule has 1 saturated heterocycles. The molecule has 12 nitrogen and oxygen atoms in total. The Morgan fingerprint density at radius 3 is 2.37 bits per heavy atom. The van der Waals surface area contributed by atoms with Crippen LogP contribution in [0.1, 0.15) is 20.8 Å². The van der Waals surface area contributed by atoms with Gasteiger partial charge in [-0.05, 0) is 39.0 Å². The van der Waals surface area contributed by atoms with Gasteiger partial charge in [0.25, 0.3) is 0 Å². The van der Waals surface area contributed by atoms with Crippen LogP contribution in [-0.4, -0.2) is 67.3 Å². The van der Waals surface area contributed by atoms with Crippen molar-refractivity contribution in [3.8, 4) is 40.1 Å². The van der Waals surface area contributed by atoms with Crippen LogP contribution in [-0.2, 0) is 14.3 Å². The number of phenols is 4. The predicted octanol–water partition coefficient (Wildman–Crippen LogP) is 2.01. The van der Waals surface area contributed by atoms with Crippen molar-refractivity contribution < 1.29 is 54.1 Å². The van der Waals surface area contributed by atoms with Crippen LogP contribution in [0.4, 0.5) is 0 Å². The summed E-state index contributed by atoms with van der Waals surface area (Å²) in [5.41, 5.74) is -0.931. The number of allylic oxidation sites excluding steroid dienone is 1. The molecule has 0 spiro atoms. The fourth-order valence-electron chi connectivity index (χ4n) is 3.90. The molecule has 2 aromatic carbocycles. The molecule has 1 aromatic heterocycles. The third-order valence-electron chi connectivity index (χ3n) is 6.17. The third-order valence-corrected chi connectivity index (χ3v) is 6.17. The molecule has 202 valence electrons. The second-order valence-corrected chi connectivity index (χ2v) is 8.78. The first-order valence-corrected chi connectivity index (χ1v) is 11.5. The Bertz CT molecular complexity index is 1470. The van der Waals surface area contributed by atoms with E-state index >= 15 is 0 Å². The Morgan fingerprint density at radius 1 is 1.00 bits per heavy atom. The van der Waals surface area contributed by atoms with Crippen molar-refractivity contribution in [1.82, 2.24) is 0 Å². The maximum absolute atomic E-state index is 13.6. The van der Waals surface area contributed by atoms with Crippen LogP contribution in [0.3, 0.4) is 0 Å². The van der Waals surface area contributed by atoms with Gasteiger partial charge >= 0.3 is 5.97 Å². The smallest absolute Gasteiger partial charge is 0.333 e. The van der Waals surface area contributed by atoms with Crippen LogP contribution in [0.5, 0.6) is 28.7 Å². The van der Waals surface area contributed by atoms with E-state index in [0.29, 0.717) is 0 Å². The molecule has 2 heterocycles. The summed E-state index contributed by atoms with van der Waals surface area (Å²) in [4.78, 5) is 26.0. The largest absolute Gasteiger partial charge is 0.508 e. The predicted molar refractivity (Wildman–Crippen MR) is 131 cm³/mol. The third kappa shape index (κ3) is 4.84. The fraction of sp³-hybridized carbons (Fsp3) is 0.308. The summed E-state index contributed by atoms with van der Waals surface area (Å²) in [5.74, 6) is -3.76. The molecular weight excluding hydrogens is 504 g/mol. The second kappa shape index (κ2) is 10.2. The SMILES string of the molecule is CC=C(C)C(=O)OC1C(Oc2c(-c3ccc(O)c(O)c3)oc3cc(O)cc(O)c3c2=O)OC(C)C(O)C1O. The first-order chi connectivity index (χ1) is 17.9. The Balaban J connectivity index is 1.89. The highest BCUT2D eigenvalue weighted by molar-refractivity contribution is 5.89. The van der Waals surface area contributed by atoms with Gasteiger partial charge in [0.1, 0.15) is 34.7 Å². The maximum Gasteiger partial charge on any atom is 0.333 e. The van der Waals surface area contributed by atoms with Crippen LogP contribution >= 0.6 is 0 Å². The van der Waals surface area contributed by atoms with E-state index < -0.39 is 70.9 Å². The molecule has 0 radical (unpaired) electrons. The molecule has 1 aliphatic heterocycles. The van der Waals surface area contributed by atoms with E-state index in [0.717, 1.165) is 24.3 Å². The van der Waals surface area contributed by atoms with Crippen LogP contribution in [0.2, 0.25) is 0 Å². The van der Waals surface area contributed by atoms with Gasteiger partial charge in [0.2, 0.25) is 17.5 Å². The summed E-state index contributed by atoms with van der Waals surface area (Å²) in [6.07, 6.45) is -5.93. The highest BCUT2D eigenvalue weighted by atomic mass is 16.7. The quantitative estimate of drug-likeness (QED) is 0.160.